The van der Waals surface area contributed by atoms with Crippen molar-refractivity contribution in [1.29, 1.82) is 0 Å². The first-order valence-corrected chi connectivity index (χ1v) is 11.1. The molecular weight excluding hydrogens is 364 g/mol. The smallest absolute Gasteiger partial charge is 0.243 e. The molecule has 138 valence electrons. The van der Waals surface area contributed by atoms with E-state index in [9.17, 15) is 21.6 Å². The van der Waals surface area contributed by atoms with Crippen LogP contribution in [0.2, 0.25) is 0 Å². The number of carbonyl (C=O) groups excluding carboxylic acids is 1. The fraction of sp³-hybridized carbons (Fsp3) is 0.438. The summed E-state index contributed by atoms with van der Waals surface area (Å²) in [5.74, 6) is -0.340. The van der Waals surface area contributed by atoms with Gasteiger partial charge >= 0.3 is 0 Å². The normalized spacial score (nSPS) is 19.7. The fourth-order valence-corrected chi connectivity index (χ4v) is 6.16. The lowest BCUT2D eigenvalue weighted by Gasteiger charge is -2.26. The molecule has 2 rings (SSSR count). The topological polar surface area (TPSA) is 101 Å². The fourth-order valence-electron chi connectivity index (χ4n) is 2.71. The van der Waals surface area contributed by atoms with E-state index in [2.05, 4.69) is 11.9 Å². The Labute approximate surface area is 148 Å². The van der Waals surface area contributed by atoms with Gasteiger partial charge in [0.25, 0.3) is 0 Å². The van der Waals surface area contributed by atoms with Crippen LogP contribution in [0.3, 0.4) is 0 Å². The molecule has 7 nitrogen and oxygen atoms in total. The number of sulfonamides is 1. The molecule has 1 saturated heterocycles. The van der Waals surface area contributed by atoms with E-state index in [-0.39, 0.29) is 35.3 Å². The van der Waals surface area contributed by atoms with Crippen molar-refractivity contribution in [3.63, 3.8) is 0 Å². The monoisotopic (exact) mass is 386 g/mol. The van der Waals surface area contributed by atoms with Gasteiger partial charge < -0.3 is 5.32 Å². The van der Waals surface area contributed by atoms with Gasteiger partial charge in [-0.05, 0) is 24.1 Å². The van der Waals surface area contributed by atoms with Crippen LogP contribution in [0.1, 0.15) is 18.9 Å². The summed E-state index contributed by atoms with van der Waals surface area (Å²) in [5.41, 5.74) is 0.771. The maximum Gasteiger partial charge on any atom is 0.243 e. The maximum absolute atomic E-state index is 12.9. The van der Waals surface area contributed by atoms with Gasteiger partial charge in [-0.15, -0.1) is 6.58 Å². The van der Waals surface area contributed by atoms with Crippen LogP contribution in [-0.4, -0.2) is 51.1 Å². The minimum Gasteiger partial charge on any atom is -0.352 e. The summed E-state index contributed by atoms with van der Waals surface area (Å²) in [6.07, 6.45) is 1.74. The van der Waals surface area contributed by atoms with E-state index >= 15 is 0 Å². The van der Waals surface area contributed by atoms with Gasteiger partial charge in [-0.2, -0.15) is 4.31 Å². The zero-order chi connectivity index (χ0) is 18.7. The number of benzene rings is 1. The van der Waals surface area contributed by atoms with Crippen molar-refractivity contribution in [3.8, 4) is 0 Å². The molecule has 1 aromatic rings. The van der Waals surface area contributed by atoms with Crippen molar-refractivity contribution in [3.05, 3.63) is 42.5 Å². The van der Waals surface area contributed by atoms with Gasteiger partial charge in [0, 0.05) is 26.1 Å². The van der Waals surface area contributed by atoms with Crippen LogP contribution >= 0.6 is 0 Å². The predicted molar refractivity (Wildman–Crippen MR) is 95.1 cm³/mol. The highest BCUT2D eigenvalue weighted by Crippen LogP contribution is 2.25. The van der Waals surface area contributed by atoms with Crippen molar-refractivity contribution in [2.75, 3.05) is 18.1 Å². The summed E-state index contributed by atoms with van der Waals surface area (Å²) < 4.78 is 50.4. The molecule has 25 heavy (non-hydrogen) atoms. The number of amides is 1. The van der Waals surface area contributed by atoms with Gasteiger partial charge in [0.1, 0.15) is 0 Å². The third-order valence-corrected chi connectivity index (χ3v) is 7.68. The largest absolute Gasteiger partial charge is 0.352 e. The number of hydrogen-bond acceptors (Lipinski definition) is 5. The highest BCUT2D eigenvalue weighted by molar-refractivity contribution is 7.92. The number of sulfone groups is 1. The number of hydrogen-bond donors (Lipinski definition) is 1. The van der Waals surface area contributed by atoms with E-state index in [1.54, 1.807) is 12.1 Å². The Morgan fingerprint density at radius 1 is 1.36 bits per heavy atom. The minimum absolute atomic E-state index is 0.00349. The van der Waals surface area contributed by atoms with E-state index in [0.717, 1.165) is 5.56 Å². The van der Waals surface area contributed by atoms with Gasteiger partial charge in [0.05, 0.1) is 16.4 Å². The highest BCUT2D eigenvalue weighted by Gasteiger charge is 2.38. The van der Waals surface area contributed by atoms with Crippen LogP contribution < -0.4 is 5.32 Å². The molecule has 0 radical (unpaired) electrons. The van der Waals surface area contributed by atoms with Gasteiger partial charge in [0.2, 0.25) is 15.9 Å². The Bertz CT molecular complexity index is 845. The second kappa shape index (κ2) is 7.67. The quantitative estimate of drug-likeness (QED) is 0.695. The van der Waals surface area contributed by atoms with Crippen LogP contribution in [0.25, 0.3) is 0 Å². The van der Waals surface area contributed by atoms with Crippen LogP contribution in [0, 0.1) is 0 Å². The van der Waals surface area contributed by atoms with E-state index < -0.39 is 25.9 Å². The molecule has 0 unspecified atom stereocenters. The summed E-state index contributed by atoms with van der Waals surface area (Å²) >= 11 is 0. The van der Waals surface area contributed by atoms with E-state index in [4.69, 9.17) is 0 Å². The number of nitrogens with zero attached hydrogens (tertiary/aromatic N) is 1. The van der Waals surface area contributed by atoms with Gasteiger partial charge in [0.15, 0.2) is 9.84 Å². The van der Waals surface area contributed by atoms with Crippen LogP contribution in [0.5, 0.6) is 0 Å². The zero-order valence-electron chi connectivity index (χ0n) is 14.0. The molecule has 0 bridgehead atoms. The Kier molecular flexibility index (Phi) is 6.02. The number of nitrogens with one attached hydrogen (secondary N) is 1. The van der Waals surface area contributed by atoms with Gasteiger partial charge in [-0.3, -0.25) is 4.79 Å². The molecule has 0 spiro atoms. The Hall–Kier alpha value is -1.71. The van der Waals surface area contributed by atoms with Crippen LogP contribution in [0.4, 0.5) is 0 Å². The zero-order valence-corrected chi connectivity index (χ0v) is 15.6. The first-order chi connectivity index (χ1) is 11.7. The summed E-state index contributed by atoms with van der Waals surface area (Å²) in [5, 5.41) is 2.64. The maximum atomic E-state index is 12.9. The lowest BCUT2D eigenvalue weighted by molar-refractivity contribution is -0.119. The molecule has 0 aromatic heterocycles. The molecule has 9 heteroatoms. The number of carbonyl (C=O) groups is 1. The molecule has 1 aliphatic rings. The molecule has 1 atom stereocenters. The molecule has 1 heterocycles. The molecule has 0 aliphatic carbocycles. The summed E-state index contributed by atoms with van der Waals surface area (Å²) in [4.78, 5) is 11.0. The summed E-state index contributed by atoms with van der Waals surface area (Å²) in [6, 6.07) is 5.60. The molecule has 1 aliphatic heterocycles. The third-order valence-electron chi connectivity index (χ3n) is 4.00. The van der Waals surface area contributed by atoms with E-state index in [1.165, 1.54) is 29.4 Å². The Balaban J connectivity index is 2.24. The molecule has 1 amide bonds. The van der Waals surface area contributed by atoms with Crippen molar-refractivity contribution in [2.24, 2.45) is 0 Å². The van der Waals surface area contributed by atoms with E-state index in [1.807, 2.05) is 0 Å². The first-order valence-electron chi connectivity index (χ1n) is 7.82. The van der Waals surface area contributed by atoms with Crippen LogP contribution in [-0.2, 0) is 31.2 Å². The SMILES string of the molecule is C=CCN([C@H]1CCS(=O)(=O)C1)S(=O)(=O)c1ccc(CNC(C)=O)cc1. The summed E-state index contributed by atoms with van der Waals surface area (Å²) in [6.45, 7) is 5.34. The number of rotatable bonds is 7. The molecule has 1 aromatic carbocycles. The molecule has 0 saturated carbocycles. The minimum atomic E-state index is -3.83. The molecule has 1 fully saturated rings. The van der Waals surface area contributed by atoms with Gasteiger partial charge in [-0.1, -0.05) is 18.2 Å². The van der Waals surface area contributed by atoms with Gasteiger partial charge in [-0.25, -0.2) is 16.8 Å². The highest BCUT2D eigenvalue weighted by atomic mass is 32.2. The van der Waals surface area contributed by atoms with Crippen molar-refractivity contribution in [1.82, 2.24) is 9.62 Å². The average Bonchev–Trinajstić information content (AvgIpc) is 2.90. The standard InChI is InChI=1S/C16H22N2O5S2/c1-3-9-18(15-8-10-24(20,21)12-15)25(22,23)16-6-4-14(5-7-16)11-17-13(2)19/h3-7,15H,1,8-12H2,2H3,(H,17,19)/t15-/m0/s1. The average molecular weight is 386 g/mol. The Morgan fingerprint density at radius 3 is 2.48 bits per heavy atom. The van der Waals surface area contributed by atoms with Crippen LogP contribution in [0.15, 0.2) is 41.8 Å². The first kappa shape index (κ1) is 19.6. The lowest BCUT2D eigenvalue weighted by Crippen LogP contribution is -2.41. The lowest BCUT2D eigenvalue weighted by atomic mass is 10.2. The van der Waals surface area contributed by atoms with Crippen molar-refractivity contribution in [2.45, 2.75) is 30.8 Å². The predicted octanol–water partition coefficient (Wildman–Crippen LogP) is 0.686. The molecular formula is C16H22N2O5S2. The second-order valence-electron chi connectivity index (χ2n) is 5.97. The summed E-state index contributed by atoms with van der Waals surface area (Å²) in [7, 11) is -7.04. The van der Waals surface area contributed by atoms with Crippen molar-refractivity contribution >= 4 is 25.8 Å². The van der Waals surface area contributed by atoms with Crippen molar-refractivity contribution < 1.29 is 21.6 Å². The molecule has 1 N–H and O–H groups in total. The third kappa shape index (κ3) is 4.90. The Morgan fingerprint density at radius 2 is 2.00 bits per heavy atom. The van der Waals surface area contributed by atoms with E-state index in [0.29, 0.717) is 6.54 Å². The second-order valence-corrected chi connectivity index (χ2v) is 10.1.